The van der Waals surface area contributed by atoms with E-state index < -0.39 is 0 Å². The first-order valence-corrected chi connectivity index (χ1v) is 7.20. The standard InChI is InChI=1S/C15H23ClFN/c1-2-3-4-5-6-7-14(18)10-12-8-9-13(16)11-15(12)17/h8-9,11,14H,2-7,10,18H2,1H3. The first-order valence-electron chi connectivity index (χ1n) is 6.83. The summed E-state index contributed by atoms with van der Waals surface area (Å²) in [5, 5.41) is 0.435. The van der Waals surface area contributed by atoms with Gasteiger partial charge < -0.3 is 5.73 Å². The average molecular weight is 272 g/mol. The van der Waals surface area contributed by atoms with Crippen molar-refractivity contribution in [2.75, 3.05) is 0 Å². The summed E-state index contributed by atoms with van der Waals surface area (Å²) in [7, 11) is 0. The van der Waals surface area contributed by atoms with Crippen LogP contribution in [0.2, 0.25) is 5.02 Å². The molecular weight excluding hydrogens is 249 g/mol. The summed E-state index contributed by atoms with van der Waals surface area (Å²) in [4.78, 5) is 0. The van der Waals surface area contributed by atoms with Crippen LogP contribution >= 0.6 is 11.6 Å². The summed E-state index contributed by atoms with van der Waals surface area (Å²) in [6.45, 7) is 2.20. The number of hydrogen-bond donors (Lipinski definition) is 1. The van der Waals surface area contributed by atoms with E-state index in [-0.39, 0.29) is 11.9 Å². The molecule has 0 aliphatic heterocycles. The molecule has 1 nitrogen and oxygen atoms in total. The molecule has 0 radical (unpaired) electrons. The first-order chi connectivity index (χ1) is 8.63. The lowest BCUT2D eigenvalue weighted by molar-refractivity contribution is 0.525. The predicted octanol–water partition coefficient (Wildman–Crippen LogP) is 4.71. The van der Waals surface area contributed by atoms with Gasteiger partial charge >= 0.3 is 0 Å². The van der Waals surface area contributed by atoms with Gasteiger partial charge in [-0.2, -0.15) is 0 Å². The second kappa shape index (κ2) is 8.49. The fourth-order valence-electron chi connectivity index (χ4n) is 2.08. The van der Waals surface area contributed by atoms with E-state index in [9.17, 15) is 4.39 Å². The third kappa shape index (κ3) is 5.83. The van der Waals surface area contributed by atoms with Crippen molar-refractivity contribution in [1.29, 1.82) is 0 Å². The molecule has 18 heavy (non-hydrogen) atoms. The second-order valence-electron chi connectivity index (χ2n) is 4.90. The SMILES string of the molecule is CCCCCCCC(N)Cc1ccc(Cl)cc1F. The Morgan fingerprint density at radius 2 is 1.94 bits per heavy atom. The molecule has 0 aliphatic carbocycles. The smallest absolute Gasteiger partial charge is 0.127 e. The third-order valence-corrected chi connectivity index (χ3v) is 3.41. The van der Waals surface area contributed by atoms with Crippen LogP contribution in [-0.4, -0.2) is 6.04 Å². The van der Waals surface area contributed by atoms with Crippen molar-refractivity contribution < 1.29 is 4.39 Å². The molecule has 2 N–H and O–H groups in total. The molecule has 1 rings (SSSR count). The summed E-state index contributed by atoms with van der Waals surface area (Å²) < 4.78 is 13.6. The minimum atomic E-state index is -0.246. The summed E-state index contributed by atoms with van der Waals surface area (Å²) in [5.74, 6) is -0.246. The Morgan fingerprint density at radius 3 is 2.61 bits per heavy atom. The normalized spacial score (nSPS) is 12.7. The van der Waals surface area contributed by atoms with E-state index in [4.69, 9.17) is 17.3 Å². The van der Waals surface area contributed by atoms with E-state index in [0.29, 0.717) is 17.0 Å². The van der Waals surface area contributed by atoms with E-state index in [0.717, 1.165) is 12.8 Å². The van der Waals surface area contributed by atoms with E-state index in [1.807, 2.05) is 0 Å². The van der Waals surface area contributed by atoms with Gasteiger partial charge in [-0.3, -0.25) is 0 Å². The highest BCUT2D eigenvalue weighted by molar-refractivity contribution is 6.30. The van der Waals surface area contributed by atoms with E-state index in [1.165, 1.54) is 31.7 Å². The van der Waals surface area contributed by atoms with Gasteiger partial charge in [0.25, 0.3) is 0 Å². The van der Waals surface area contributed by atoms with E-state index in [1.54, 1.807) is 12.1 Å². The molecule has 0 saturated carbocycles. The quantitative estimate of drug-likeness (QED) is 0.681. The largest absolute Gasteiger partial charge is 0.327 e. The van der Waals surface area contributed by atoms with Crippen molar-refractivity contribution in [1.82, 2.24) is 0 Å². The molecule has 1 aromatic carbocycles. The van der Waals surface area contributed by atoms with Crippen molar-refractivity contribution in [2.45, 2.75) is 57.9 Å². The minimum Gasteiger partial charge on any atom is -0.327 e. The fraction of sp³-hybridized carbons (Fsp3) is 0.600. The maximum Gasteiger partial charge on any atom is 0.127 e. The summed E-state index contributed by atoms with van der Waals surface area (Å²) in [6, 6.07) is 4.84. The first kappa shape index (κ1) is 15.5. The average Bonchev–Trinajstić information content (AvgIpc) is 2.32. The van der Waals surface area contributed by atoms with Gasteiger partial charge in [0.2, 0.25) is 0 Å². The van der Waals surface area contributed by atoms with Crippen LogP contribution in [-0.2, 0) is 6.42 Å². The van der Waals surface area contributed by atoms with Gasteiger partial charge in [0, 0.05) is 11.1 Å². The molecule has 102 valence electrons. The van der Waals surface area contributed by atoms with Crippen LogP contribution in [0.15, 0.2) is 18.2 Å². The molecule has 0 bridgehead atoms. The zero-order valence-electron chi connectivity index (χ0n) is 11.1. The van der Waals surface area contributed by atoms with Gasteiger partial charge in [0.15, 0.2) is 0 Å². The number of rotatable bonds is 8. The molecule has 0 saturated heterocycles. The molecule has 0 heterocycles. The van der Waals surface area contributed by atoms with Crippen LogP contribution in [0, 0.1) is 5.82 Å². The highest BCUT2D eigenvalue weighted by Crippen LogP contribution is 2.17. The van der Waals surface area contributed by atoms with Crippen LogP contribution < -0.4 is 5.73 Å². The van der Waals surface area contributed by atoms with Gasteiger partial charge in [-0.1, -0.05) is 56.7 Å². The molecular formula is C15H23ClFN. The molecule has 3 heteroatoms. The highest BCUT2D eigenvalue weighted by Gasteiger charge is 2.08. The molecule has 0 amide bonds. The van der Waals surface area contributed by atoms with Crippen molar-refractivity contribution in [2.24, 2.45) is 5.73 Å². The Bertz CT molecular complexity index is 354. The highest BCUT2D eigenvalue weighted by atomic mass is 35.5. The second-order valence-corrected chi connectivity index (χ2v) is 5.34. The lowest BCUT2D eigenvalue weighted by Crippen LogP contribution is -2.23. The molecule has 0 aromatic heterocycles. The topological polar surface area (TPSA) is 26.0 Å². The van der Waals surface area contributed by atoms with Gasteiger partial charge in [-0.25, -0.2) is 4.39 Å². The Balaban J connectivity index is 2.28. The molecule has 0 aliphatic rings. The van der Waals surface area contributed by atoms with Crippen LogP contribution in [0.5, 0.6) is 0 Å². The van der Waals surface area contributed by atoms with Crippen LogP contribution in [0.3, 0.4) is 0 Å². The number of halogens is 2. The lowest BCUT2D eigenvalue weighted by atomic mass is 10.0. The molecule has 0 spiro atoms. The molecule has 0 fully saturated rings. The van der Waals surface area contributed by atoms with Gasteiger partial charge in [0.05, 0.1) is 0 Å². The maximum absolute atomic E-state index is 13.6. The zero-order valence-corrected chi connectivity index (χ0v) is 11.8. The van der Waals surface area contributed by atoms with Crippen LogP contribution in [0.25, 0.3) is 0 Å². The number of unbranched alkanes of at least 4 members (excludes halogenated alkanes) is 4. The molecule has 1 unspecified atom stereocenters. The maximum atomic E-state index is 13.6. The van der Waals surface area contributed by atoms with Crippen molar-refractivity contribution in [3.8, 4) is 0 Å². The molecule has 1 atom stereocenters. The van der Waals surface area contributed by atoms with Crippen LogP contribution in [0.4, 0.5) is 4.39 Å². The zero-order chi connectivity index (χ0) is 13.4. The Labute approximate surface area is 115 Å². The Morgan fingerprint density at radius 1 is 1.22 bits per heavy atom. The van der Waals surface area contributed by atoms with Crippen LogP contribution in [0.1, 0.15) is 51.0 Å². The third-order valence-electron chi connectivity index (χ3n) is 3.18. The van der Waals surface area contributed by atoms with Gasteiger partial charge in [-0.15, -0.1) is 0 Å². The number of benzene rings is 1. The van der Waals surface area contributed by atoms with E-state index in [2.05, 4.69) is 6.92 Å². The summed E-state index contributed by atoms with van der Waals surface area (Å²) in [6.07, 6.45) is 7.74. The fourth-order valence-corrected chi connectivity index (χ4v) is 2.24. The van der Waals surface area contributed by atoms with Crippen molar-refractivity contribution >= 4 is 11.6 Å². The number of hydrogen-bond acceptors (Lipinski definition) is 1. The van der Waals surface area contributed by atoms with Crippen molar-refractivity contribution in [3.63, 3.8) is 0 Å². The summed E-state index contributed by atoms with van der Waals surface area (Å²) >= 11 is 5.71. The molecule has 1 aromatic rings. The predicted molar refractivity (Wildman–Crippen MR) is 76.5 cm³/mol. The van der Waals surface area contributed by atoms with Crippen molar-refractivity contribution in [3.05, 3.63) is 34.6 Å². The van der Waals surface area contributed by atoms with Gasteiger partial charge in [-0.05, 0) is 30.5 Å². The Kier molecular flexibility index (Phi) is 7.29. The Hall–Kier alpha value is -0.600. The lowest BCUT2D eigenvalue weighted by Gasteiger charge is -2.12. The van der Waals surface area contributed by atoms with E-state index >= 15 is 0 Å². The summed E-state index contributed by atoms with van der Waals surface area (Å²) in [5.41, 5.74) is 6.69. The minimum absolute atomic E-state index is 0.0438. The monoisotopic (exact) mass is 271 g/mol. The van der Waals surface area contributed by atoms with Gasteiger partial charge in [0.1, 0.15) is 5.82 Å². The number of nitrogens with two attached hydrogens (primary N) is 1.